The van der Waals surface area contributed by atoms with Gasteiger partial charge in [-0.25, -0.2) is 4.79 Å². The van der Waals surface area contributed by atoms with E-state index < -0.39 is 11.6 Å². The second-order valence-electron chi connectivity index (χ2n) is 7.76. The van der Waals surface area contributed by atoms with Crippen molar-refractivity contribution in [1.82, 2.24) is 4.90 Å². The summed E-state index contributed by atoms with van der Waals surface area (Å²) in [5, 5.41) is 21.2. The molecule has 3 heterocycles. The van der Waals surface area contributed by atoms with Gasteiger partial charge in [-0.3, -0.25) is 9.89 Å². The summed E-state index contributed by atoms with van der Waals surface area (Å²) in [6.07, 6.45) is 3.53. The second kappa shape index (κ2) is 6.77. The highest BCUT2D eigenvalue weighted by Gasteiger charge is 2.53. The van der Waals surface area contributed by atoms with Crippen molar-refractivity contribution in [1.29, 1.82) is 0 Å². The number of aliphatic hydroxyl groups is 1. The van der Waals surface area contributed by atoms with E-state index in [-0.39, 0.29) is 17.9 Å². The van der Waals surface area contributed by atoms with Gasteiger partial charge in [-0.1, -0.05) is 31.5 Å². The molecule has 0 aliphatic carbocycles. The van der Waals surface area contributed by atoms with E-state index >= 15 is 0 Å². The number of ether oxygens (including phenoxy) is 1. The number of piperidine rings is 2. The first kappa shape index (κ1) is 18.2. The molecule has 2 saturated heterocycles. The molecule has 1 aromatic rings. The van der Waals surface area contributed by atoms with Crippen LogP contribution in [0, 0.1) is 11.8 Å². The Morgan fingerprint density at radius 1 is 1.44 bits per heavy atom. The standard InChI is InChI=1S/C21H26N2O4/c1-3-13-11-23-9-8-21(26)16-6-4-5-7-17(16)22-19(21)18(23)10-14(13)15(12-27-2)20(24)25/h4-7,12-14,18,26H,3,8-11H2,1-2H3,(H,24,25)/t13-,14+,18+,21+/m1/s1. The number of hydrogen-bond donors (Lipinski definition) is 2. The van der Waals surface area contributed by atoms with Gasteiger partial charge in [-0.2, -0.15) is 0 Å². The third-order valence-corrected chi connectivity index (χ3v) is 6.46. The van der Waals surface area contributed by atoms with Crippen molar-refractivity contribution in [3.63, 3.8) is 0 Å². The first-order valence-corrected chi connectivity index (χ1v) is 9.60. The van der Waals surface area contributed by atoms with Crippen molar-refractivity contribution < 1.29 is 19.7 Å². The van der Waals surface area contributed by atoms with Gasteiger partial charge in [-0.15, -0.1) is 0 Å². The summed E-state index contributed by atoms with van der Waals surface area (Å²) in [5.41, 5.74) is 1.76. The highest BCUT2D eigenvalue weighted by atomic mass is 16.5. The highest BCUT2D eigenvalue weighted by Crippen LogP contribution is 2.48. The Morgan fingerprint density at radius 3 is 2.93 bits per heavy atom. The van der Waals surface area contributed by atoms with Crippen LogP contribution in [0.2, 0.25) is 0 Å². The third kappa shape index (κ3) is 2.78. The smallest absolute Gasteiger partial charge is 0.334 e. The largest absolute Gasteiger partial charge is 0.504 e. The maximum atomic E-state index is 11.8. The number of rotatable bonds is 4. The topological polar surface area (TPSA) is 82.4 Å². The predicted octanol–water partition coefficient (Wildman–Crippen LogP) is 2.70. The zero-order valence-electron chi connectivity index (χ0n) is 15.8. The van der Waals surface area contributed by atoms with E-state index in [0.29, 0.717) is 18.4 Å². The van der Waals surface area contributed by atoms with Crippen molar-refractivity contribution in [2.24, 2.45) is 16.8 Å². The molecule has 144 valence electrons. The van der Waals surface area contributed by atoms with Crippen LogP contribution >= 0.6 is 0 Å². The Kier molecular flexibility index (Phi) is 4.56. The number of hydrogen-bond acceptors (Lipinski definition) is 5. The van der Waals surface area contributed by atoms with E-state index in [1.54, 1.807) is 0 Å². The molecule has 0 aromatic heterocycles. The molecule has 0 saturated carbocycles. The maximum absolute atomic E-state index is 11.8. The number of para-hydroxylation sites is 1. The summed E-state index contributed by atoms with van der Waals surface area (Å²) in [6, 6.07) is 7.70. The Bertz CT molecular complexity index is 818. The number of methoxy groups -OCH3 is 1. The number of benzene rings is 1. The number of nitrogens with zero attached hydrogens (tertiary/aromatic N) is 2. The van der Waals surface area contributed by atoms with Crippen molar-refractivity contribution in [3.05, 3.63) is 41.7 Å². The number of fused-ring (bicyclic) bond motifs is 5. The first-order chi connectivity index (χ1) is 13.0. The lowest BCUT2D eigenvalue weighted by Gasteiger charge is -2.50. The number of aliphatic imine (C=N–C) groups is 1. The molecule has 3 aliphatic rings. The summed E-state index contributed by atoms with van der Waals surface area (Å²) in [4.78, 5) is 19.0. The monoisotopic (exact) mass is 370 g/mol. The molecule has 4 rings (SSSR count). The molecule has 0 radical (unpaired) electrons. The van der Waals surface area contributed by atoms with Crippen molar-refractivity contribution in [3.8, 4) is 0 Å². The number of carbonyl (C=O) groups is 1. The van der Waals surface area contributed by atoms with Crippen molar-refractivity contribution in [2.45, 2.75) is 37.8 Å². The van der Waals surface area contributed by atoms with Crippen LogP contribution in [0.3, 0.4) is 0 Å². The van der Waals surface area contributed by atoms with Gasteiger partial charge in [0.25, 0.3) is 0 Å². The van der Waals surface area contributed by atoms with E-state index in [0.717, 1.165) is 36.5 Å². The minimum atomic E-state index is -1.03. The average molecular weight is 370 g/mol. The molecule has 0 bridgehead atoms. The number of carboxylic acids is 1. The summed E-state index contributed by atoms with van der Waals surface area (Å²) >= 11 is 0. The molecule has 3 aliphatic heterocycles. The van der Waals surface area contributed by atoms with E-state index in [1.165, 1.54) is 13.4 Å². The fourth-order valence-corrected chi connectivity index (χ4v) is 5.09. The molecule has 1 aromatic carbocycles. The maximum Gasteiger partial charge on any atom is 0.334 e. The number of aliphatic carboxylic acids is 1. The van der Waals surface area contributed by atoms with Crippen LogP contribution in [0.15, 0.2) is 41.1 Å². The van der Waals surface area contributed by atoms with Crippen molar-refractivity contribution >= 4 is 17.4 Å². The molecule has 0 amide bonds. The van der Waals surface area contributed by atoms with Crippen LogP contribution in [0.5, 0.6) is 0 Å². The molecule has 4 atom stereocenters. The van der Waals surface area contributed by atoms with Gasteiger partial charge in [0.2, 0.25) is 0 Å². The summed E-state index contributed by atoms with van der Waals surface area (Å²) in [5.74, 6) is -0.812. The van der Waals surface area contributed by atoms with Crippen LogP contribution in [-0.4, -0.2) is 53.0 Å². The van der Waals surface area contributed by atoms with Crippen molar-refractivity contribution in [2.75, 3.05) is 20.2 Å². The van der Waals surface area contributed by atoms with Gasteiger partial charge in [0.15, 0.2) is 0 Å². The zero-order chi connectivity index (χ0) is 19.2. The Morgan fingerprint density at radius 2 is 2.22 bits per heavy atom. The molecule has 0 unspecified atom stereocenters. The summed E-state index contributed by atoms with van der Waals surface area (Å²) < 4.78 is 5.07. The molecule has 27 heavy (non-hydrogen) atoms. The average Bonchev–Trinajstić information content (AvgIpc) is 2.98. The van der Waals surface area contributed by atoms with Gasteiger partial charge in [0.1, 0.15) is 5.60 Å². The van der Waals surface area contributed by atoms with Gasteiger partial charge in [0, 0.05) is 18.7 Å². The van der Waals surface area contributed by atoms with Crippen LogP contribution < -0.4 is 0 Å². The highest BCUT2D eigenvalue weighted by molar-refractivity contribution is 6.04. The van der Waals surface area contributed by atoms with E-state index in [2.05, 4.69) is 11.8 Å². The molecular weight excluding hydrogens is 344 g/mol. The van der Waals surface area contributed by atoms with Crippen LogP contribution in [-0.2, 0) is 15.1 Å². The van der Waals surface area contributed by atoms with Crippen LogP contribution in [0.1, 0.15) is 31.7 Å². The molecule has 0 spiro atoms. The minimum Gasteiger partial charge on any atom is -0.504 e. The normalized spacial score (nSPS) is 32.9. The second-order valence-corrected chi connectivity index (χ2v) is 7.76. The first-order valence-electron chi connectivity index (χ1n) is 9.60. The minimum absolute atomic E-state index is 0.0523. The summed E-state index contributed by atoms with van der Waals surface area (Å²) in [7, 11) is 1.48. The lowest BCUT2D eigenvalue weighted by atomic mass is 9.70. The van der Waals surface area contributed by atoms with Crippen LogP contribution in [0.25, 0.3) is 0 Å². The molecule has 2 fully saturated rings. The van der Waals surface area contributed by atoms with Crippen LogP contribution in [0.4, 0.5) is 5.69 Å². The Hall–Kier alpha value is -2.18. The predicted molar refractivity (Wildman–Crippen MR) is 102 cm³/mol. The lowest BCUT2D eigenvalue weighted by molar-refractivity contribution is -0.134. The zero-order valence-corrected chi connectivity index (χ0v) is 15.8. The van der Waals surface area contributed by atoms with Gasteiger partial charge in [0.05, 0.1) is 36.4 Å². The lowest BCUT2D eigenvalue weighted by Crippen LogP contribution is -2.60. The fraction of sp³-hybridized carbons (Fsp3) is 0.524. The van der Waals surface area contributed by atoms with Gasteiger partial charge in [-0.05, 0) is 30.7 Å². The number of carboxylic acid groups (broad SMARTS) is 1. The molecule has 6 nitrogen and oxygen atoms in total. The molecular formula is C21H26N2O4. The van der Waals surface area contributed by atoms with E-state index in [9.17, 15) is 15.0 Å². The van der Waals surface area contributed by atoms with E-state index in [4.69, 9.17) is 9.73 Å². The fourth-order valence-electron chi connectivity index (χ4n) is 5.09. The van der Waals surface area contributed by atoms with E-state index in [1.807, 2.05) is 24.3 Å². The molecule has 2 N–H and O–H groups in total. The molecule has 6 heteroatoms. The Labute approximate surface area is 159 Å². The third-order valence-electron chi connectivity index (χ3n) is 6.46. The quantitative estimate of drug-likeness (QED) is 0.629. The summed E-state index contributed by atoms with van der Waals surface area (Å²) in [6.45, 7) is 3.70. The van der Waals surface area contributed by atoms with Gasteiger partial charge < -0.3 is 14.9 Å². The SMILES string of the molecule is CC[C@@H]1CN2CC[C@@]3(O)C(=Nc4ccccc43)[C@@H]2C[C@@H]1C(=COC)C(=O)O. The van der Waals surface area contributed by atoms with Gasteiger partial charge >= 0.3 is 5.97 Å². The Balaban J connectivity index is 1.71.